The number of alkyl halides is 3. The molecule has 2 aromatic heterocycles. The number of nitrogens with zero attached hydrogens (tertiary/aromatic N) is 4. The van der Waals surface area contributed by atoms with Gasteiger partial charge in [0.1, 0.15) is 17.5 Å². The number of hydrogen-bond donors (Lipinski definition) is 3. The lowest BCUT2D eigenvalue weighted by molar-refractivity contribution is -0.138. The molecule has 2 heterocycles. The number of nitrogens with one attached hydrogen (secondary N) is 2. The van der Waals surface area contributed by atoms with Crippen LogP contribution in [0.5, 0.6) is 0 Å². The molecule has 3 rings (SSSR count). The van der Waals surface area contributed by atoms with E-state index in [9.17, 15) is 23.5 Å². The van der Waals surface area contributed by atoms with Crippen LogP contribution >= 0.6 is 0 Å². The van der Waals surface area contributed by atoms with Gasteiger partial charge in [0.15, 0.2) is 0 Å². The van der Waals surface area contributed by atoms with Gasteiger partial charge in [0.2, 0.25) is 5.95 Å². The maximum atomic E-state index is 13.1. The molecule has 0 radical (unpaired) electrons. The van der Waals surface area contributed by atoms with Crippen molar-refractivity contribution in [2.24, 2.45) is 0 Å². The fourth-order valence-corrected chi connectivity index (χ4v) is 3.28. The van der Waals surface area contributed by atoms with Crippen LogP contribution in [0.1, 0.15) is 42.4 Å². The van der Waals surface area contributed by atoms with E-state index in [4.69, 9.17) is 0 Å². The predicted octanol–water partition coefficient (Wildman–Crippen LogP) is 3.13. The van der Waals surface area contributed by atoms with Crippen molar-refractivity contribution in [3.05, 3.63) is 41.3 Å². The SMILES string of the molecule is N#Cc1cnc(NCCc2cnccc2C(F)(F)F)nc1N[C@H]1CC[C@@H](O)CC1. The lowest BCUT2D eigenvalue weighted by Gasteiger charge is -2.26. The van der Waals surface area contributed by atoms with E-state index in [-0.39, 0.29) is 42.2 Å². The monoisotopic (exact) mass is 406 g/mol. The molecule has 0 spiro atoms. The summed E-state index contributed by atoms with van der Waals surface area (Å²) in [6.07, 6.45) is 1.95. The predicted molar refractivity (Wildman–Crippen MR) is 100 cm³/mol. The van der Waals surface area contributed by atoms with Crippen molar-refractivity contribution >= 4 is 11.8 Å². The summed E-state index contributed by atoms with van der Waals surface area (Å²) >= 11 is 0. The first-order chi connectivity index (χ1) is 13.9. The maximum Gasteiger partial charge on any atom is 0.416 e. The summed E-state index contributed by atoms with van der Waals surface area (Å²) in [5.41, 5.74) is -0.342. The van der Waals surface area contributed by atoms with Crippen LogP contribution in [0.4, 0.5) is 24.9 Å². The van der Waals surface area contributed by atoms with Crippen LogP contribution in [0.3, 0.4) is 0 Å². The highest BCUT2D eigenvalue weighted by atomic mass is 19.4. The first-order valence-electron chi connectivity index (χ1n) is 9.32. The number of halogens is 3. The Kier molecular flexibility index (Phi) is 6.49. The molecule has 0 bridgehead atoms. The molecule has 0 aromatic carbocycles. The highest BCUT2D eigenvalue weighted by Crippen LogP contribution is 2.31. The van der Waals surface area contributed by atoms with Gasteiger partial charge >= 0.3 is 6.18 Å². The highest BCUT2D eigenvalue weighted by molar-refractivity contribution is 5.54. The average Bonchev–Trinajstić information content (AvgIpc) is 2.70. The number of nitriles is 1. The fourth-order valence-electron chi connectivity index (χ4n) is 3.28. The van der Waals surface area contributed by atoms with Crippen molar-refractivity contribution in [1.82, 2.24) is 15.0 Å². The average molecular weight is 406 g/mol. The van der Waals surface area contributed by atoms with Gasteiger partial charge < -0.3 is 15.7 Å². The van der Waals surface area contributed by atoms with Crippen LogP contribution in [0.25, 0.3) is 0 Å². The van der Waals surface area contributed by atoms with Crippen LogP contribution in [-0.4, -0.2) is 38.7 Å². The molecule has 3 N–H and O–H groups in total. The zero-order valence-electron chi connectivity index (χ0n) is 15.6. The second-order valence-electron chi connectivity index (χ2n) is 6.92. The van der Waals surface area contributed by atoms with E-state index in [2.05, 4.69) is 25.6 Å². The van der Waals surface area contributed by atoms with E-state index in [0.29, 0.717) is 18.7 Å². The van der Waals surface area contributed by atoms with E-state index in [1.54, 1.807) is 0 Å². The van der Waals surface area contributed by atoms with Crippen molar-refractivity contribution in [3.8, 4) is 6.07 Å². The molecular weight excluding hydrogens is 385 g/mol. The van der Waals surface area contributed by atoms with Gasteiger partial charge in [0.25, 0.3) is 0 Å². The van der Waals surface area contributed by atoms with Gasteiger partial charge in [-0.25, -0.2) is 4.98 Å². The van der Waals surface area contributed by atoms with Gasteiger partial charge in [0.05, 0.1) is 17.9 Å². The molecule has 10 heteroatoms. The van der Waals surface area contributed by atoms with Crippen molar-refractivity contribution in [2.75, 3.05) is 17.2 Å². The summed E-state index contributed by atoms with van der Waals surface area (Å²) in [7, 11) is 0. The van der Waals surface area contributed by atoms with Gasteiger partial charge in [-0.05, 0) is 43.7 Å². The minimum absolute atomic E-state index is 0.0836. The number of anilines is 2. The molecule has 7 nitrogen and oxygen atoms in total. The van der Waals surface area contributed by atoms with Crippen LogP contribution in [0, 0.1) is 11.3 Å². The summed E-state index contributed by atoms with van der Waals surface area (Å²) in [4.78, 5) is 12.1. The zero-order valence-corrected chi connectivity index (χ0v) is 15.6. The summed E-state index contributed by atoms with van der Waals surface area (Å²) in [5.74, 6) is 0.601. The van der Waals surface area contributed by atoms with Crippen LogP contribution in [0.2, 0.25) is 0 Å². The molecule has 0 saturated heterocycles. The van der Waals surface area contributed by atoms with Gasteiger partial charge in [-0.1, -0.05) is 0 Å². The van der Waals surface area contributed by atoms with Gasteiger partial charge in [0, 0.05) is 25.0 Å². The number of aliphatic hydroxyl groups excluding tert-OH is 1. The molecule has 29 heavy (non-hydrogen) atoms. The molecule has 1 fully saturated rings. The molecular formula is C19H21F3N6O. The van der Waals surface area contributed by atoms with E-state index >= 15 is 0 Å². The molecule has 1 aliphatic carbocycles. The maximum absolute atomic E-state index is 13.1. The summed E-state index contributed by atoms with van der Waals surface area (Å²) in [6, 6.07) is 3.08. The lowest BCUT2D eigenvalue weighted by atomic mass is 9.93. The Hall–Kier alpha value is -2.93. The quantitative estimate of drug-likeness (QED) is 0.677. The number of aromatic nitrogens is 3. The normalized spacial score (nSPS) is 19.4. The van der Waals surface area contributed by atoms with E-state index in [1.807, 2.05) is 6.07 Å². The Morgan fingerprint density at radius 1 is 1.21 bits per heavy atom. The Morgan fingerprint density at radius 2 is 1.97 bits per heavy atom. The zero-order chi connectivity index (χ0) is 20.9. The van der Waals surface area contributed by atoms with Crippen LogP contribution < -0.4 is 10.6 Å². The van der Waals surface area contributed by atoms with E-state index in [0.717, 1.165) is 25.1 Å². The van der Waals surface area contributed by atoms with Crippen molar-refractivity contribution in [3.63, 3.8) is 0 Å². The van der Waals surface area contributed by atoms with Crippen molar-refractivity contribution in [2.45, 2.75) is 50.4 Å². The fraction of sp³-hybridized carbons (Fsp3) is 0.474. The second-order valence-corrected chi connectivity index (χ2v) is 6.92. The summed E-state index contributed by atoms with van der Waals surface area (Å²) in [5, 5.41) is 25.0. The molecule has 1 saturated carbocycles. The summed E-state index contributed by atoms with van der Waals surface area (Å²) in [6.45, 7) is 0.176. The van der Waals surface area contributed by atoms with E-state index in [1.165, 1.54) is 12.4 Å². The first kappa shape index (κ1) is 20.8. The number of hydrogen-bond acceptors (Lipinski definition) is 7. The standard InChI is InChI=1S/C19H21F3N6O/c20-19(21,22)16-6-7-24-10-12(16)5-8-25-18-26-11-13(9-23)17(28-18)27-14-1-3-15(29)4-2-14/h6-7,10-11,14-15,29H,1-5,8H2,(H2,25,26,27,28)/t14-,15+. The topological polar surface area (TPSA) is 107 Å². The second kappa shape index (κ2) is 9.05. The smallest absolute Gasteiger partial charge is 0.393 e. The minimum atomic E-state index is -4.44. The Bertz CT molecular complexity index is 875. The molecule has 0 unspecified atom stereocenters. The number of rotatable bonds is 6. The molecule has 2 aromatic rings. The molecule has 0 atom stereocenters. The number of pyridine rings is 1. The van der Waals surface area contributed by atoms with E-state index < -0.39 is 11.7 Å². The minimum Gasteiger partial charge on any atom is -0.393 e. The third kappa shape index (κ3) is 5.54. The number of aliphatic hydroxyl groups is 1. The largest absolute Gasteiger partial charge is 0.416 e. The lowest BCUT2D eigenvalue weighted by Crippen LogP contribution is -2.29. The molecule has 0 amide bonds. The summed E-state index contributed by atoms with van der Waals surface area (Å²) < 4.78 is 39.2. The molecule has 0 aliphatic heterocycles. The van der Waals surface area contributed by atoms with Crippen LogP contribution in [-0.2, 0) is 12.6 Å². The van der Waals surface area contributed by atoms with Crippen LogP contribution in [0.15, 0.2) is 24.7 Å². The third-order valence-electron chi connectivity index (χ3n) is 4.83. The molecule has 154 valence electrons. The van der Waals surface area contributed by atoms with Crippen molar-refractivity contribution in [1.29, 1.82) is 5.26 Å². The third-order valence-corrected chi connectivity index (χ3v) is 4.83. The van der Waals surface area contributed by atoms with Crippen molar-refractivity contribution < 1.29 is 18.3 Å². The first-order valence-corrected chi connectivity index (χ1v) is 9.32. The Labute approximate surface area is 166 Å². The molecule has 1 aliphatic rings. The Morgan fingerprint density at radius 3 is 2.66 bits per heavy atom. The van der Waals surface area contributed by atoms with Gasteiger partial charge in [-0.2, -0.15) is 23.4 Å². The Balaban J connectivity index is 1.64. The van der Waals surface area contributed by atoms with Gasteiger partial charge in [-0.15, -0.1) is 0 Å². The highest BCUT2D eigenvalue weighted by Gasteiger charge is 2.32. The van der Waals surface area contributed by atoms with Gasteiger partial charge in [-0.3, -0.25) is 4.98 Å².